The first-order valence-corrected chi connectivity index (χ1v) is 6.83. The van der Waals surface area contributed by atoms with Crippen LogP contribution in [0.15, 0.2) is 18.2 Å². The molecule has 102 valence electrons. The maximum Gasteiger partial charge on any atom is 0.163 e. The van der Waals surface area contributed by atoms with Crippen LogP contribution in [0.5, 0.6) is 5.75 Å². The number of thioether (sulfide) groups is 1. The van der Waals surface area contributed by atoms with E-state index in [0.717, 1.165) is 11.4 Å². The van der Waals surface area contributed by atoms with Gasteiger partial charge in [-0.1, -0.05) is 0 Å². The van der Waals surface area contributed by atoms with Crippen LogP contribution in [-0.4, -0.2) is 27.3 Å². The lowest BCUT2D eigenvalue weighted by molar-refractivity contribution is 0.410. The highest BCUT2D eigenvalue weighted by Crippen LogP contribution is 2.32. The highest BCUT2D eigenvalue weighted by atomic mass is 32.2. The first kappa shape index (κ1) is 13.8. The molecule has 2 aromatic rings. The maximum atomic E-state index is 13.2. The van der Waals surface area contributed by atoms with Crippen LogP contribution in [0.3, 0.4) is 0 Å². The molecule has 1 atom stereocenters. The number of nitrogens with zero attached hydrogens (tertiary/aromatic N) is 4. The van der Waals surface area contributed by atoms with E-state index in [1.165, 1.54) is 12.1 Å². The average Bonchev–Trinajstić information content (AvgIpc) is 2.82. The number of methoxy groups -OCH3 is 1. The summed E-state index contributed by atoms with van der Waals surface area (Å²) >= 11 is 1.63. The van der Waals surface area contributed by atoms with Gasteiger partial charge >= 0.3 is 0 Å². The topological polar surface area (TPSA) is 52.8 Å². The maximum absolute atomic E-state index is 13.2. The van der Waals surface area contributed by atoms with E-state index in [1.54, 1.807) is 36.7 Å². The van der Waals surface area contributed by atoms with Crippen LogP contribution < -0.4 is 4.74 Å². The van der Waals surface area contributed by atoms with E-state index < -0.39 is 0 Å². The Morgan fingerprint density at radius 2 is 2.26 bits per heavy atom. The molecule has 19 heavy (non-hydrogen) atoms. The van der Waals surface area contributed by atoms with Gasteiger partial charge < -0.3 is 4.74 Å². The molecule has 0 aliphatic rings. The van der Waals surface area contributed by atoms with Crippen molar-refractivity contribution in [1.82, 2.24) is 20.2 Å². The van der Waals surface area contributed by atoms with Crippen molar-refractivity contribution >= 4 is 11.8 Å². The minimum atomic E-state index is -0.260. The fourth-order valence-corrected chi connectivity index (χ4v) is 2.73. The van der Waals surface area contributed by atoms with Gasteiger partial charge in [0.2, 0.25) is 0 Å². The Bertz CT molecular complexity index is 560. The average molecular weight is 282 g/mol. The molecule has 0 fully saturated rings. The van der Waals surface area contributed by atoms with Crippen molar-refractivity contribution in [2.75, 3.05) is 7.11 Å². The molecule has 0 saturated carbocycles. The Hall–Kier alpha value is -1.63. The van der Waals surface area contributed by atoms with Gasteiger partial charge in [0, 0.05) is 18.4 Å². The lowest BCUT2D eigenvalue weighted by atomic mass is 10.2. The van der Waals surface area contributed by atoms with Gasteiger partial charge in [-0.05, 0) is 35.5 Å². The van der Waals surface area contributed by atoms with E-state index in [2.05, 4.69) is 15.5 Å². The van der Waals surface area contributed by atoms with Crippen LogP contribution >= 0.6 is 11.8 Å². The number of halogens is 1. The van der Waals surface area contributed by atoms with E-state index in [1.807, 2.05) is 6.92 Å². The zero-order chi connectivity index (χ0) is 13.8. The standard InChI is InChI=1S/C12H15FN4OS/c1-8(12-14-15-16-17(12)2)19-7-9-6-10(13)4-5-11(9)18-3/h4-6,8H,7H2,1-3H3/t8-/m1/s1. The largest absolute Gasteiger partial charge is 0.496 e. The Morgan fingerprint density at radius 1 is 1.47 bits per heavy atom. The number of aryl methyl sites for hydroxylation is 1. The first-order chi connectivity index (χ1) is 9.11. The molecule has 0 bridgehead atoms. The smallest absolute Gasteiger partial charge is 0.163 e. The van der Waals surface area contributed by atoms with E-state index in [4.69, 9.17) is 4.74 Å². The van der Waals surface area contributed by atoms with Gasteiger partial charge in [-0.15, -0.1) is 16.9 Å². The Labute approximate surface area is 115 Å². The van der Waals surface area contributed by atoms with Crippen LogP contribution in [0.2, 0.25) is 0 Å². The lowest BCUT2D eigenvalue weighted by Crippen LogP contribution is -2.02. The highest BCUT2D eigenvalue weighted by Gasteiger charge is 2.14. The normalized spacial score (nSPS) is 12.4. The molecule has 1 aromatic carbocycles. The molecule has 7 heteroatoms. The first-order valence-electron chi connectivity index (χ1n) is 5.78. The van der Waals surface area contributed by atoms with Crippen molar-refractivity contribution in [2.24, 2.45) is 7.05 Å². The van der Waals surface area contributed by atoms with Crippen LogP contribution in [0.4, 0.5) is 4.39 Å². The molecule has 0 N–H and O–H groups in total. The highest BCUT2D eigenvalue weighted by molar-refractivity contribution is 7.98. The van der Waals surface area contributed by atoms with Crippen LogP contribution in [0.1, 0.15) is 23.6 Å². The van der Waals surface area contributed by atoms with E-state index in [-0.39, 0.29) is 11.1 Å². The third kappa shape index (κ3) is 3.23. The van der Waals surface area contributed by atoms with Crippen molar-refractivity contribution in [2.45, 2.75) is 17.9 Å². The lowest BCUT2D eigenvalue weighted by Gasteiger charge is -2.12. The molecule has 0 unspecified atom stereocenters. The summed E-state index contributed by atoms with van der Waals surface area (Å²) < 4.78 is 20.1. The second-order valence-corrected chi connectivity index (χ2v) is 5.40. The Balaban J connectivity index is 2.06. The van der Waals surface area contributed by atoms with E-state index >= 15 is 0 Å². The van der Waals surface area contributed by atoms with Gasteiger partial charge in [-0.3, -0.25) is 0 Å². The van der Waals surface area contributed by atoms with Crippen molar-refractivity contribution < 1.29 is 9.13 Å². The van der Waals surface area contributed by atoms with Crippen LogP contribution in [0, 0.1) is 5.82 Å². The molecule has 0 saturated heterocycles. The molecule has 1 heterocycles. The molecule has 1 aromatic heterocycles. The van der Waals surface area contributed by atoms with Gasteiger partial charge in [-0.25, -0.2) is 9.07 Å². The number of tetrazole rings is 1. The summed E-state index contributed by atoms with van der Waals surface area (Å²) in [7, 11) is 3.38. The van der Waals surface area contributed by atoms with Crippen molar-refractivity contribution in [3.63, 3.8) is 0 Å². The molecule has 5 nitrogen and oxygen atoms in total. The quantitative estimate of drug-likeness (QED) is 0.842. The van der Waals surface area contributed by atoms with Gasteiger partial charge in [-0.2, -0.15) is 0 Å². The second kappa shape index (κ2) is 6.01. The summed E-state index contributed by atoms with van der Waals surface area (Å²) in [6.07, 6.45) is 0. The number of aromatic nitrogens is 4. The summed E-state index contributed by atoms with van der Waals surface area (Å²) in [6.45, 7) is 2.02. The predicted molar refractivity (Wildman–Crippen MR) is 71.5 cm³/mol. The monoisotopic (exact) mass is 282 g/mol. The third-order valence-corrected chi connectivity index (χ3v) is 3.94. The molecular weight excluding hydrogens is 267 g/mol. The zero-order valence-corrected chi connectivity index (χ0v) is 11.8. The SMILES string of the molecule is COc1ccc(F)cc1CS[C@H](C)c1nnnn1C. The van der Waals surface area contributed by atoms with Gasteiger partial charge in [0.25, 0.3) is 0 Å². The molecule has 0 aliphatic heterocycles. The predicted octanol–water partition coefficient (Wildman–Crippen LogP) is 2.35. The summed E-state index contributed by atoms with van der Waals surface area (Å²) in [5.74, 6) is 1.86. The van der Waals surface area contributed by atoms with Crippen molar-refractivity contribution in [1.29, 1.82) is 0 Å². The second-order valence-electron chi connectivity index (χ2n) is 4.07. The minimum absolute atomic E-state index is 0.118. The molecule has 0 aliphatic carbocycles. The van der Waals surface area contributed by atoms with Crippen LogP contribution in [0.25, 0.3) is 0 Å². The van der Waals surface area contributed by atoms with Crippen molar-refractivity contribution in [3.8, 4) is 5.75 Å². The summed E-state index contributed by atoms with van der Waals surface area (Å²) in [6, 6.07) is 4.52. The van der Waals surface area contributed by atoms with Crippen molar-refractivity contribution in [3.05, 3.63) is 35.4 Å². The molecule has 2 rings (SSSR count). The molecular formula is C12H15FN4OS. The van der Waals surface area contributed by atoms with Gasteiger partial charge in [0.05, 0.1) is 12.4 Å². The molecule has 0 radical (unpaired) electrons. The number of hydrogen-bond donors (Lipinski definition) is 0. The summed E-state index contributed by atoms with van der Waals surface area (Å²) in [5.41, 5.74) is 0.828. The Kier molecular flexibility index (Phi) is 4.36. The van der Waals surface area contributed by atoms with Crippen LogP contribution in [-0.2, 0) is 12.8 Å². The number of hydrogen-bond acceptors (Lipinski definition) is 5. The summed E-state index contributed by atoms with van der Waals surface area (Å²) in [5, 5.41) is 11.5. The van der Waals surface area contributed by atoms with Gasteiger partial charge in [0.15, 0.2) is 5.82 Å². The van der Waals surface area contributed by atoms with Gasteiger partial charge in [0.1, 0.15) is 11.6 Å². The number of rotatable bonds is 5. The minimum Gasteiger partial charge on any atom is -0.496 e. The van der Waals surface area contributed by atoms with E-state index in [0.29, 0.717) is 11.5 Å². The van der Waals surface area contributed by atoms with E-state index in [9.17, 15) is 4.39 Å². The number of benzene rings is 1. The third-order valence-electron chi connectivity index (χ3n) is 2.75. The zero-order valence-electron chi connectivity index (χ0n) is 11.0. The molecule has 0 amide bonds. The number of ether oxygens (including phenoxy) is 1. The Morgan fingerprint density at radius 3 is 2.89 bits per heavy atom. The fourth-order valence-electron chi connectivity index (χ4n) is 1.73. The molecule has 0 spiro atoms. The fraction of sp³-hybridized carbons (Fsp3) is 0.417. The summed E-state index contributed by atoms with van der Waals surface area (Å²) in [4.78, 5) is 0.